The quantitative estimate of drug-likeness (QED) is 0.417. The van der Waals surface area contributed by atoms with Crippen LogP contribution >= 0.6 is 0 Å². The molecular formula is C25H19N3O2. The Bertz CT molecular complexity index is 1340. The van der Waals surface area contributed by atoms with Crippen LogP contribution in [0.4, 0.5) is 5.69 Å². The van der Waals surface area contributed by atoms with Gasteiger partial charge in [-0.05, 0) is 67.6 Å². The van der Waals surface area contributed by atoms with Crippen LogP contribution in [0.5, 0.6) is 0 Å². The van der Waals surface area contributed by atoms with E-state index in [9.17, 15) is 4.79 Å². The van der Waals surface area contributed by atoms with E-state index in [1.54, 1.807) is 24.6 Å². The van der Waals surface area contributed by atoms with Crippen molar-refractivity contribution in [2.45, 2.75) is 6.92 Å². The van der Waals surface area contributed by atoms with Crippen LogP contribution in [0.3, 0.4) is 0 Å². The van der Waals surface area contributed by atoms with Crippen LogP contribution in [0.15, 0.2) is 95.7 Å². The van der Waals surface area contributed by atoms with Gasteiger partial charge in [-0.15, -0.1) is 0 Å². The topological polar surface area (TPSA) is 60.1 Å². The van der Waals surface area contributed by atoms with Crippen molar-refractivity contribution in [3.8, 4) is 17.1 Å². The number of carbonyl (C=O) groups excluding carboxylic acids is 1. The molecule has 0 aliphatic carbocycles. The number of furan rings is 1. The van der Waals surface area contributed by atoms with Gasteiger partial charge < -0.3 is 9.73 Å². The number of benzene rings is 2. The smallest absolute Gasteiger partial charge is 0.259 e. The molecular weight excluding hydrogens is 374 g/mol. The molecule has 0 bridgehead atoms. The summed E-state index contributed by atoms with van der Waals surface area (Å²) in [6.45, 7) is 2.01. The maximum Gasteiger partial charge on any atom is 0.259 e. The van der Waals surface area contributed by atoms with Gasteiger partial charge in [-0.1, -0.05) is 18.2 Å². The molecule has 146 valence electrons. The van der Waals surface area contributed by atoms with E-state index < -0.39 is 0 Å². The summed E-state index contributed by atoms with van der Waals surface area (Å²) in [6.07, 6.45) is 3.37. The third-order valence-corrected chi connectivity index (χ3v) is 5.07. The molecule has 1 N–H and O–H groups in total. The minimum absolute atomic E-state index is 0.197. The van der Waals surface area contributed by atoms with Gasteiger partial charge in [-0.25, -0.2) is 4.98 Å². The van der Waals surface area contributed by atoms with Crippen LogP contribution in [0.2, 0.25) is 0 Å². The van der Waals surface area contributed by atoms with Crippen LogP contribution in [0, 0.1) is 6.92 Å². The first-order chi connectivity index (χ1) is 14.7. The van der Waals surface area contributed by atoms with Gasteiger partial charge in [0.15, 0.2) is 0 Å². The summed E-state index contributed by atoms with van der Waals surface area (Å²) in [5.41, 5.74) is 4.24. The molecule has 0 saturated heterocycles. The monoisotopic (exact) mass is 393 g/mol. The lowest BCUT2D eigenvalue weighted by Crippen LogP contribution is -2.16. The SMILES string of the molecule is Cc1cc2cc(-c3ccco3)ccc2n1-c1ncccc1C(=O)Nc1ccccc1. The molecule has 0 radical (unpaired) electrons. The second-order valence-corrected chi connectivity index (χ2v) is 7.07. The zero-order valence-corrected chi connectivity index (χ0v) is 16.4. The van der Waals surface area contributed by atoms with Crippen molar-refractivity contribution >= 4 is 22.5 Å². The molecule has 1 amide bonds. The Hall–Kier alpha value is -4.12. The average Bonchev–Trinajstić information content (AvgIpc) is 3.41. The molecule has 0 spiro atoms. The van der Waals surface area contributed by atoms with E-state index in [2.05, 4.69) is 22.4 Å². The van der Waals surface area contributed by atoms with Crippen molar-refractivity contribution < 1.29 is 9.21 Å². The van der Waals surface area contributed by atoms with Gasteiger partial charge in [-0.3, -0.25) is 9.36 Å². The molecule has 5 heteroatoms. The Morgan fingerprint density at radius 2 is 1.83 bits per heavy atom. The van der Waals surface area contributed by atoms with E-state index in [-0.39, 0.29) is 5.91 Å². The van der Waals surface area contributed by atoms with Gasteiger partial charge >= 0.3 is 0 Å². The summed E-state index contributed by atoms with van der Waals surface area (Å²) >= 11 is 0. The van der Waals surface area contributed by atoms with Crippen LogP contribution < -0.4 is 5.32 Å². The molecule has 0 fully saturated rings. The van der Waals surface area contributed by atoms with E-state index in [0.29, 0.717) is 11.4 Å². The molecule has 5 rings (SSSR count). The maximum atomic E-state index is 13.0. The fourth-order valence-corrected chi connectivity index (χ4v) is 3.70. The Kier molecular flexibility index (Phi) is 4.41. The summed E-state index contributed by atoms with van der Waals surface area (Å²) in [7, 11) is 0. The Balaban J connectivity index is 1.59. The van der Waals surface area contributed by atoms with Crippen LogP contribution in [0.25, 0.3) is 28.0 Å². The first kappa shape index (κ1) is 17.9. The van der Waals surface area contributed by atoms with Gasteiger partial charge in [-0.2, -0.15) is 0 Å². The van der Waals surface area contributed by atoms with Crippen LogP contribution in [0.1, 0.15) is 16.1 Å². The van der Waals surface area contributed by atoms with Gasteiger partial charge in [0.25, 0.3) is 5.91 Å². The minimum atomic E-state index is -0.197. The molecule has 0 atom stereocenters. The predicted octanol–water partition coefficient (Wildman–Crippen LogP) is 5.85. The van der Waals surface area contributed by atoms with Crippen molar-refractivity contribution in [1.82, 2.24) is 9.55 Å². The fourth-order valence-electron chi connectivity index (χ4n) is 3.70. The number of hydrogen-bond donors (Lipinski definition) is 1. The number of aromatic nitrogens is 2. The number of pyridine rings is 1. The number of carbonyl (C=O) groups is 1. The second kappa shape index (κ2) is 7.37. The summed E-state index contributed by atoms with van der Waals surface area (Å²) in [5.74, 6) is 1.23. The highest BCUT2D eigenvalue weighted by Gasteiger charge is 2.18. The van der Waals surface area contributed by atoms with Gasteiger partial charge in [0.2, 0.25) is 0 Å². The fraction of sp³-hybridized carbons (Fsp3) is 0.0400. The standard InChI is InChI=1S/C25H19N3O2/c1-17-15-19-16-18(23-10-6-14-30-23)11-12-22(19)28(17)24-21(9-5-13-26-24)25(29)27-20-7-3-2-4-8-20/h2-16H,1H3,(H,27,29). The molecule has 30 heavy (non-hydrogen) atoms. The second-order valence-electron chi connectivity index (χ2n) is 7.07. The number of nitrogens with zero attached hydrogens (tertiary/aromatic N) is 2. The summed E-state index contributed by atoms with van der Waals surface area (Å²) < 4.78 is 7.54. The first-order valence-electron chi connectivity index (χ1n) is 9.68. The highest BCUT2D eigenvalue weighted by Crippen LogP contribution is 2.30. The Morgan fingerprint density at radius 3 is 2.63 bits per heavy atom. The van der Waals surface area contributed by atoms with E-state index in [1.807, 2.05) is 66.1 Å². The molecule has 0 aliphatic rings. The zero-order chi connectivity index (χ0) is 20.5. The van der Waals surface area contributed by atoms with E-state index in [0.717, 1.165) is 33.6 Å². The van der Waals surface area contributed by atoms with Gasteiger partial charge in [0.1, 0.15) is 11.6 Å². The average molecular weight is 393 g/mol. The van der Waals surface area contributed by atoms with E-state index in [1.165, 1.54) is 0 Å². The third kappa shape index (κ3) is 3.16. The number of anilines is 1. The van der Waals surface area contributed by atoms with E-state index >= 15 is 0 Å². The summed E-state index contributed by atoms with van der Waals surface area (Å²) in [4.78, 5) is 17.6. The van der Waals surface area contributed by atoms with Crippen molar-refractivity contribution in [3.63, 3.8) is 0 Å². The number of fused-ring (bicyclic) bond motifs is 1. The van der Waals surface area contributed by atoms with Crippen LogP contribution in [-0.2, 0) is 0 Å². The molecule has 5 aromatic rings. The van der Waals surface area contributed by atoms with Crippen LogP contribution in [-0.4, -0.2) is 15.5 Å². The number of amides is 1. The molecule has 5 nitrogen and oxygen atoms in total. The summed E-state index contributed by atoms with van der Waals surface area (Å²) in [6, 6.07) is 25.0. The van der Waals surface area contributed by atoms with Gasteiger partial charge in [0.05, 0.1) is 17.3 Å². The predicted molar refractivity (Wildman–Crippen MR) is 118 cm³/mol. The van der Waals surface area contributed by atoms with Crippen molar-refractivity contribution in [2.75, 3.05) is 5.32 Å². The third-order valence-electron chi connectivity index (χ3n) is 5.07. The molecule has 3 aromatic heterocycles. The largest absolute Gasteiger partial charge is 0.464 e. The van der Waals surface area contributed by atoms with Crippen molar-refractivity contribution in [3.05, 3.63) is 103 Å². The number of aryl methyl sites for hydroxylation is 1. The number of rotatable bonds is 4. The molecule has 0 aliphatic heterocycles. The lowest BCUT2D eigenvalue weighted by molar-refractivity contribution is 0.102. The number of nitrogens with one attached hydrogen (secondary N) is 1. The van der Waals surface area contributed by atoms with Crippen molar-refractivity contribution in [2.24, 2.45) is 0 Å². The summed E-state index contributed by atoms with van der Waals surface area (Å²) in [5, 5.41) is 4.01. The zero-order valence-electron chi connectivity index (χ0n) is 16.4. The number of hydrogen-bond acceptors (Lipinski definition) is 3. The highest BCUT2D eigenvalue weighted by atomic mass is 16.3. The maximum absolute atomic E-state index is 13.0. The molecule has 0 unspecified atom stereocenters. The Morgan fingerprint density at radius 1 is 0.967 bits per heavy atom. The lowest BCUT2D eigenvalue weighted by atomic mass is 10.1. The minimum Gasteiger partial charge on any atom is -0.464 e. The molecule has 3 heterocycles. The Labute approximate surface area is 173 Å². The lowest BCUT2D eigenvalue weighted by Gasteiger charge is -2.13. The highest BCUT2D eigenvalue weighted by molar-refractivity contribution is 6.06. The van der Waals surface area contributed by atoms with E-state index in [4.69, 9.17) is 4.42 Å². The molecule has 0 saturated carbocycles. The van der Waals surface area contributed by atoms with Crippen molar-refractivity contribution in [1.29, 1.82) is 0 Å². The number of para-hydroxylation sites is 1. The first-order valence-corrected chi connectivity index (χ1v) is 9.68. The van der Waals surface area contributed by atoms with Gasteiger partial charge in [0, 0.05) is 28.5 Å². The normalized spacial score (nSPS) is 11.0. The molecule has 2 aromatic carbocycles.